The molecular weight excluding hydrogens is 380 g/mol. The molecule has 1 heterocycles. The topological polar surface area (TPSA) is 84.5 Å². The Bertz CT molecular complexity index is 953. The molecule has 0 unspecified atom stereocenters. The lowest BCUT2D eigenvalue weighted by molar-refractivity contribution is -0.119. The predicted molar refractivity (Wildman–Crippen MR) is 117 cm³/mol. The Kier molecular flexibility index (Phi) is 6.55. The van der Waals surface area contributed by atoms with Crippen molar-refractivity contribution in [3.05, 3.63) is 58.7 Å². The van der Waals surface area contributed by atoms with Gasteiger partial charge >= 0.3 is 5.97 Å². The van der Waals surface area contributed by atoms with Crippen LogP contribution in [0.5, 0.6) is 0 Å². The number of amides is 2. The molecule has 158 valence electrons. The number of carbonyl (C=O) groups is 3. The van der Waals surface area contributed by atoms with Crippen LogP contribution in [0, 0.1) is 0 Å². The maximum absolute atomic E-state index is 12.5. The van der Waals surface area contributed by atoms with Gasteiger partial charge in [0.25, 0.3) is 5.91 Å². The van der Waals surface area contributed by atoms with Crippen molar-refractivity contribution in [1.29, 1.82) is 0 Å². The fraction of sp³-hybridized carbons (Fsp3) is 0.375. The van der Waals surface area contributed by atoms with Crippen LogP contribution in [0.25, 0.3) is 0 Å². The Morgan fingerprint density at radius 2 is 1.70 bits per heavy atom. The zero-order valence-corrected chi connectivity index (χ0v) is 17.9. The fourth-order valence-electron chi connectivity index (χ4n) is 3.60. The van der Waals surface area contributed by atoms with Gasteiger partial charge in [-0.2, -0.15) is 0 Å². The highest BCUT2D eigenvalue weighted by Gasteiger charge is 2.19. The van der Waals surface area contributed by atoms with Crippen LogP contribution in [0.3, 0.4) is 0 Å². The molecule has 6 heteroatoms. The van der Waals surface area contributed by atoms with Gasteiger partial charge in [0, 0.05) is 17.8 Å². The third kappa shape index (κ3) is 4.87. The highest BCUT2D eigenvalue weighted by molar-refractivity contribution is 5.98. The molecule has 30 heavy (non-hydrogen) atoms. The van der Waals surface area contributed by atoms with Gasteiger partial charge in [0.15, 0.2) is 6.61 Å². The van der Waals surface area contributed by atoms with Crippen molar-refractivity contribution < 1.29 is 19.1 Å². The predicted octanol–water partition coefficient (Wildman–Crippen LogP) is 4.61. The highest BCUT2D eigenvalue weighted by atomic mass is 16.5. The van der Waals surface area contributed by atoms with Crippen LogP contribution in [0.15, 0.2) is 36.4 Å². The molecule has 0 fully saturated rings. The van der Waals surface area contributed by atoms with Gasteiger partial charge in [-0.3, -0.25) is 9.59 Å². The van der Waals surface area contributed by atoms with Gasteiger partial charge in [0.2, 0.25) is 5.91 Å². The van der Waals surface area contributed by atoms with E-state index in [1.807, 2.05) is 18.2 Å². The third-order valence-corrected chi connectivity index (χ3v) is 5.21. The monoisotopic (exact) mass is 408 g/mol. The van der Waals surface area contributed by atoms with Gasteiger partial charge in [0.05, 0.1) is 5.56 Å². The first kappa shape index (κ1) is 21.6. The van der Waals surface area contributed by atoms with Crippen LogP contribution in [0.1, 0.15) is 73.0 Å². The summed E-state index contributed by atoms with van der Waals surface area (Å²) < 4.78 is 5.24. The molecule has 2 N–H and O–H groups in total. The minimum Gasteiger partial charge on any atom is -0.452 e. The summed E-state index contributed by atoms with van der Waals surface area (Å²) in [5.74, 6) is -0.471. The van der Waals surface area contributed by atoms with Crippen LogP contribution in [-0.4, -0.2) is 24.4 Å². The van der Waals surface area contributed by atoms with E-state index >= 15 is 0 Å². The number of rotatable bonds is 6. The molecule has 6 nitrogen and oxygen atoms in total. The molecule has 2 aromatic rings. The summed E-state index contributed by atoms with van der Waals surface area (Å²) in [4.78, 5) is 36.4. The lowest BCUT2D eigenvalue weighted by Gasteiger charge is -2.20. The van der Waals surface area contributed by atoms with Gasteiger partial charge in [-0.05, 0) is 53.1 Å². The van der Waals surface area contributed by atoms with E-state index < -0.39 is 5.97 Å². The van der Waals surface area contributed by atoms with Crippen LogP contribution in [0.4, 0.5) is 11.4 Å². The maximum Gasteiger partial charge on any atom is 0.338 e. The average molecular weight is 408 g/mol. The van der Waals surface area contributed by atoms with Crippen molar-refractivity contribution in [2.75, 3.05) is 17.2 Å². The van der Waals surface area contributed by atoms with E-state index in [4.69, 9.17) is 4.74 Å². The minimum atomic E-state index is -0.564. The molecule has 2 aromatic carbocycles. The second kappa shape index (κ2) is 9.11. The Labute approximate surface area is 177 Å². The van der Waals surface area contributed by atoms with Crippen molar-refractivity contribution in [2.45, 2.75) is 52.4 Å². The minimum absolute atomic E-state index is 0.0306. The molecular formula is C24H28N2O4. The Morgan fingerprint density at radius 1 is 1.03 bits per heavy atom. The summed E-state index contributed by atoms with van der Waals surface area (Å²) in [6.45, 7) is 7.94. The Balaban J connectivity index is 1.67. The molecule has 1 aliphatic heterocycles. The number of aryl methyl sites for hydroxylation is 1. The van der Waals surface area contributed by atoms with E-state index in [0.717, 1.165) is 22.4 Å². The van der Waals surface area contributed by atoms with E-state index in [2.05, 4.69) is 38.3 Å². The molecule has 0 bridgehead atoms. The molecule has 0 spiro atoms. The number of anilines is 2. The van der Waals surface area contributed by atoms with Crippen molar-refractivity contribution in [1.82, 2.24) is 0 Å². The smallest absolute Gasteiger partial charge is 0.338 e. The zero-order valence-electron chi connectivity index (χ0n) is 17.9. The van der Waals surface area contributed by atoms with Gasteiger partial charge in [-0.25, -0.2) is 4.79 Å². The molecule has 3 rings (SSSR count). The highest BCUT2D eigenvalue weighted by Crippen LogP contribution is 2.32. The first-order valence-corrected chi connectivity index (χ1v) is 10.3. The third-order valence-electron chi connectivity index (χ3n) is 5.21. The van der Waals surface area contributed by atoms with Crippen LogP contribution in [-0.2, 0) is 20.7 Å². The molecule has 0 aromatic heterocycles. The van der Waals surface area contributed by atoms with Crippen molar-refractivity contribution >= 4 is 29.2 Å². The normalized spacial score (nSPS) is 13.1. The van der Waals surface area contributed by atoms with Crippen LogP contribution >= 0.6 is 0 Å². The molecule has 0 saturated heterocycles. The number of esters is 1. The van der Waals surface area contributed by atoms with Gasteiger partial charge in [-0.1, -0.05) is 45.9 Å². The molecule has 0 saturated carbocycles. The summed E-state index contributed by atoms with van der Waals surface area (Å²) in [5.41, 5.74) is 4.87. The van der Waals surface area contributed by atoms with Gasteiger partial charge in [-0.15, -0.1) is 0 Å². The molecule has 0 atom stereocenters. The first-order chi connectivity index (χ1) is 14.3. The Morgan fingerprint density at radius 3 is 2.33 bits per heavy atom. The standard InChI is InChI=1S/C24H28N2O4/c1-14(2)18-6-5-7-19(15(3)4)23(18)26-22(28)13-30-24(29)17-8-10-20-16(12-17)9-11-21(27)25-20/h5-8,10,12,14-15H,9,11,13H2,1-4H3,(H,25,27)(H,26,28). The van der Waals surface area contributed by atoms with Crippen molar-refractivity contribution in [2.24, 2.45) is 0 Å². The lowest BCUT2D eigenvalue weighted by atomic mass is 9.92. The number of fused-ring (bicyclic) bond motifs is 1. The number of para-hydroxylation sites is 1. The number of benzene rings is 2. The summed E-state index contributed by atoms with van der Waals surface area (Å²) in [6.07, 6.45) is 0.966. The summed E-state index contributed by atoms with van der Waals surface area (Å²) in [5, 5.41) is 5.72. The van der Waals surface area contributed by atoms with E-state index in [1.165, 1.54) is 0 Å². The first-order valence-electron chi connectivity index (χ1n) is 10.3. The number of hydrogen-bond donors (Lipinski definition) is 2. The molecule has 1 aliphatic rings. The summed E-state index contributed by atoms with van der Waals surface area (Å²) in [6, 6.07) is 11.0. The number of nitrogens with one attached hydrogen (secondary N) is 2. The van der Waals surface area contributed by atoms with Gasteiger partial charge < -0.3 is 15.4 Å². The van der Waals surface area contributed by atoms with E-state index in [-0.39, 0.29) is 30.3 Å². The SMILES string of the molecule is CC(C)c1cccc(C(C)C)c1NC(=O)COC(=O)c1ccc2c(c1)CCC(=O)N2. The summed E-state index contributed by atoms with van der Waals surface area (Å²) in [7, 11) is 0. The van der Waals surface area contributed by atoms with E-state index in [1.54, 1.807) is 18.2 Å². The maximum atomic E-state index is 12.5. The Hall–Kier alpha value is -3.15. The molecule has 0 radical (unpaired) electrons. The van der Waals surface area contributed by atoms with E-state index in [9.17, 15) is 14.4 Å². The van der Waals surface area contributed by atoms with Crippen LogP contribution < -0.4 is 10.6 Å². The van der Waals surface area contributed by atoms with Crippen molar-refractivity contribution in [3.8, 4) is 0 Å². The fourth-order valence-corrected chi connectivity index (χ4v) is 3.60. The number of hydrogen-bond acceptors (Lipinski definition) is 4. The zero-order chi connectivity index (χ0) is 21.8. The van der Waals surface area contributed by atoms with Crippen molar-refractivity contribution in [3.63, 3.8) is 0 Å². The second-order valence-corrected chi connectivity index (χ2v) is 8.17. The average Bonchev–Trinajstić information content (AvgIpc) is 2.71. The summed E-state index contributed by atoms with van der Waals surface area (Å²) >= 11 is 0. The number of carbonyl (C=O) groups excluding carboxylic acids is 3. The molecule has 0 aliphatic carbocycles. The second-order valence-electron chi connectivity index (χ2n) is 8.17. The van der Waals surface area contributed by atoms with Crippen LogP contribution in [0.2, 0.25) is 0 Å². The molecule has 2 amide bonds. The largest absolute Gasteiger partial charge is 0.452 e. The van der Waals surface area contributed by atoms with E-state index in [0.29, 0.717) is 24.1 Å². The lowest BCUT2D eigenvalue weighted by Crippen LogP contribution is -2.23. The quantitative estimate of drug-likeness (QED) is 0.684. The number of ether oxygens (including phenoxy) is 1. The van der Waals surface area contributed by atoms with Gasteiger partial charge in [0.1, 0.15) is 0 Å².